The van der Waals surface area contributed by atoms with Gasteiger partial charge < -0.3 is 0 Å². The first-order valence-electron chi connectivity index (χ1n) is 10.5. The van der Waals surface area contributed by atoms with Crippen LogP contribution in [0, 0.1) is 11.8 Å². The van der Waals surface area contributed by atoms with Gasteiger partial charge in [0.05, 0.1) is 23.6 Å². The van der Waals surface area contributed by atoms with E-state index in [-0.39, 0.29) is 23.6 Å². The molecule has 0 saturated carbocycles. The average Bonchev–Trinajstić information content (AvgIpc) is 3.40. The largest absolute Gasteiger partial charge is 0.292 e. The molecule has 0 radical (unpaired) electrons. The fraction of sp³-hybridized carbons (Fsp3) is 0.375. The van der Waals surface area contributed by atoms with Crippen LogP contribution in [0.5, 0.6) is 0 Å². The Balaban J connectivity index is 1.52. The lowest BCUT2D eigenvalue weighted by atomic mass is 9.85. The van der Waals surface area contributed by atoms with E-state index < -0.39 is 17.9 Å². The minimum atomic E-state index is -0.628. The number of aryl methyl sites for hydroxylation is 1. The molecule has 3 aliphatic heterocycles. The second kappa shape index (κ2) is 7.33. The molecule has 6 heteroatoms. The Labute approximate surface area is 180 Å². The molecule has 2 amide bonds. The molecule has 2 aromatic rings. The van der Waals surface area contributed by atoms with Crippen molar-refractivity contribution < 1.29 is 14.4 Å². The zero-order chi connectivity index (χ0) is 21.0. The molecule has 2 aromatic carbocycles. The minimum absolute atomic E-state index is 0.0485. The third kappa shape index (κ3) is 2.83. The van der Waals surface area contributed by atoms with Crippen molar-refractivity contribution in [2.75, 3.05) is 11.4 Å². The Morgan fingerprint density at radius 2 is 1.67 bits per heavy atom. The van der Waals surface area contributed by atoms with Crippen LogP contribution in [0.4, 0.5) is 5.69 Å². The monoisotopic (exact) mass is 422 g/mol. The molecular weight excluding hydrogens is 400 g/mol. The second-order valence-electron chi connectivity index (χ2n) is 8.35. The highest BCUT2D eigenvalue weighted by Gasteiger charge is 2.64. The molecule has 0 aromatic heterocycles. The van der Waals surface area contributed by atoms with Gasteiger partial charge in [-0.1, -0.05) is 30.7 Å². The summed E-state index contributed by atoms with van der Waals surface area (Å²) in [4.78, 5) is 43.7. The third-order valence-electron chi connectivity index (χ3n) is 6.85. The Hall–Kier alpha value is -2.50. The average molecular weight is 423 g/mol. The minimum Gasteiger partial charge on any atom is -0.292 e. The molecule has 3 aliphatic rings. The maximum absolute atomic E-state index is 13.5. The lowest BCUT2D eigenvalue weighted by molar-refractivity contribution is -0.123. The van der Waals surface area contributed by atoms with Gasteiger partial charge in [-0.15, -0.1) is 0 Å². The number of anilines is 1. The summed E-state index contributed by atoms with van der Waals surface area (Å²) in [6.07, 6.45) is 2.67. The molecule has 3 heterocycles. The van der Waals surface area contributed by atoms with E-state index in [1.807, 2.05) is 24.3 Å². The van der Waals surface area contributed by atoms with Gasteiger partial charge in [0.15, 0.2) is 5.78 Å². The summed E-state index contributed by atoms with van der Waals surface area (Å²) in [6, 6.07) is 13.7. The fourth-order valence-electron chi connectivity index (χ4n) is 5.44. The number of carbonyl (C=O) groups is 3. The van der Waals surface area contributed by atoms with Gasteiger partial charge in [-0.3, -0.25) is 19.3 Å². The topological polar surface area (TPSA) is 57.7 Å². The number of benzene rings is 2. The van der Waals surface area contributed by atoms with Gasteiger partial charge in [0.1, 0.15) is 0 Å². The highest BCUT2D eigenvalue weighted by molar-refractivity contribution is 6.30. The zero-order valence-electron chi connectivity index (χ0n) is 16.8. The van der Waals surface area contributed by atoms with Crippen LogP contribution in [0.1, 0.15) is 35.7 Å². The predicted octanol–water partition coefficient (Wildman–Crippen LogP) is 3.74. The molecule has 5 nitrogen and oxygen atoms in total. The summed E-state index contributed by atoms with van der Waals surface area (Å²) in [5.41, 5.74) is 2.27. The van der Waals surface area contributed by atoms with E-state index in [4.69, 9.17) is 11.6 Å². The Morgan fingerprint density at radius 1 is 1.00 bits per heavy atom. The lowest BCUT2D eigenvalue weighted by Gasteiger charge is -2.27. The SMILES string of the molecule is CCc1ccc(N2C(=O)C3C(C2=O)C(C(=O)c2ccc(Cl)cc2)N2CCCC32)cc1. The van der Waals surface area contributed by atoms with Crippen LogP contribution in [-0.2, 0) is 16.0 Å². The smallest absolute Gasteiger partial charge is 0.239 e. The number of imide groups is 1. The molecule has 0 aliphatic carbocycles. The highest BCUT2D eigenvalue weighted by Crippen LogP contribution is 2.48. The number of hydrogen-bond acceptors (Lipinski definition) is 4. The number of rotatable bonds is 4. The first kappa shape index (κ1) is 19.5. The fourth-order valence-corrected chi connectivity index (χ4v) is 5.56. The van der Waals surface area contributed by atoms with E-state index in [0.717, 1.165) is 31.4 Å². The van der Waals surface area contributed by atoms with E-state index in [1.165, 1.54) is 4.90 Å². The van der Waals surface area contributed by atoms with Crippen molar-refractivity contribution in [3.8, 4) is 0 Å². The molecular formula is C24H23ClN2O3. The van der Waals surface area contributed by atoms with Gasteiger partial charge in [-0.25, -0.2) is 4.90 Å². The summed E-state index contributed by atoms with van der Waals surface area (Å²) < 4.78 is 0. The standard InChI is InChI=1S/C24H23ClN2O3/c1-2-14-5-11-17(12-6-14)27-23(29)19-18-4-3-13-26(18)21(20(19)24(27)30)22(28)15-7-9-16(25)10-8-15/h5-12,18-21H,2-4,13H2,1H3. The van der Waals surface area contributed by atoms with Gasteiger partial charge in [-0.2, -0.15) is 0 Å². The van der Waals surface area contributed by atoms with Crippen LogP contribution in [-0.4, -0.2) is 41.1 Å². The number of Topliss-reactive ketones (excluding diaryl/α,β-unsaturated/α-hetero) is 1. The summed E-state index contributed by atoms with van der Waals surface area (Å²) >= 11 is 5.98. The number of fused-ring (bicyclic) bond motifs is 3. The quantitative estimate of drug-likeness (QED) is 0.556. The molecule has 5 rings (SSSR count). The van der Waals surface area contributed by atoms with Crippen molar-refractivity contribution in [2.24, 2.45) is 11.8 Å². The normalized spacial score (nSPS) is 28.1. The Bertz CT molecular complexity index is 1020. The molecule has 3 fully saturated rings. The van der Waals surface area contributed by atoms with Crippen molar-refractivity contribution in [3.63, 3.8) is 0 Å². The van der Waals surface area contributed by atoms with Gasteiger partial charge in [0.2, 0.25) is 11.8 Å². The van der Waals surface area contributed by atoms with Gasteiger partial charge >= 0.3 is 0 Å². The van der Waals surface area contributed by atoms with Crippen LogP contribution in [0.15, 0.2) is 48.5 Å². The molecule has 0 N–H and O–H groups in total. The van der Waals surface area contributed by atoms with Crippen molar-refractivity contribution in [3.05, 3.63) is 64.7 Å². The summed E-state index contributed by atoms with van der Waals surface area (Å²) in [7, 11) is 0. The maximum Gasteiger partial charge on any atom is 0.239 e. The Morgan fingerprint density at radius 3 is 2.33 bits per heavy atom. The molecule has 154 valence electrons. The summed E-state index contributed by atoms with van der Waals surface area (Å²) in [5.74, 6) is -1.60. The van der Waals surface area contributed by atoms with Crippen LogP contribution < -0.4 is 4.90 Å². The lowest BCUT2D eigenvalue weighted by Crippen LogP contribution is -2.46. The van der Waals surface area contributed by atoms with Crippen molar-refractivity contribution in [1.82, 2.24) is 4.90 Å². The summed E-state index contributed by atoms with van der Waals surface area (Å²) in [5, 5.41) is 0.559. The van der Waals surface area contributed by atoms with Crippen LogP contribution in [0.25, 0.3) is 0 Å². The van der Waals surface area contributed by atoms with Crippen molar-refractivity contribution in [2.45, 2.75) is 38.3 Å². The maximum atomic E-state index is 13.5. The van der Waals surface area contributed by atoms with E-state index in [0.29, 0.717) is 16.3 Å². The zero-order valence-corrected chi connectivity index (χ0v) is 17.5. The number of carbonyl (C=O) groups excluding carboxylic acids is 3. The first-order valence-corrected chi connectivity index (χ1v) is 10.9. The molecule has 3 saturated heterocycles. The third-order valence-corrected chi connectivity index (χ3v) is 7.10. The second-order valence-corrected chi connectivity index (χ2v) is 8.78. The molecule has 0 spiro atoms. The van der Waals surface area contributed by atoms with E-state index in [2.05, 4.69) is 11.8 Å². The van der Waals surface area contributed by atoms with E-state index in [9.17, 15) is 14.4 Å². The summed E-state index contributed by atoms with van der Waals surface area (Å²) in [6.45, 7) is 2.81. The highest BCUT2D eigenvalue weighted by atomic mass is 35.5. The van der Waals surface area contributed by atoms with Crippen molar-refractivity contribution >= 4 is 34.9 Å². The van der Waals surface area contributed by atoms with Crippen LogP contribution in [0.2, 0.25) is 5.02 Å². The number of hydrogen-bond donors (Lipinski definition) is 0. The molecule has 0 bridgehead atoms. The van der Waals surface area contributed by atoms with E-state index in [1.54, 1.807) is 24.3 Å². The number of halogens is 1. The van der Waals surface area contributed by atoms with Crippen LogP contribution >= 0.6 is 11.6 Å². The van der Waals surface area contributed by atoms with Gasteiger partial charge in [0.25, 0.3) is 0 Å². The first-order chi connectivity index (χ1) is 14.5. The predicted molar refractivity (Wildman–Crippen MR) is 115 cm³/mol. The Kier molecular flexibility index (Phi) is 4.75. The molecule has 4 unspecified atom stereocenters. The number of nitrogens with zero attached hydrogens (tertiary/aromatic N) is 2. The number of ketones is 1. The van der Waals surface area contributed by atoms with Gasteiger partial charge in [-0.05, 0) is 67.8 Å². The number of amides is 2. The van der Waals surface area contributed by atoms with Gasteiger partial charge in [0, 0.05) is 16.6 Å². The van der Waals surface area contributed by atoms with Crippen molar-refractivity contribution in [1.29, 1.82) is 0 Å². The van der Waals surface area contributed by atoms with Crippen LogP contribution in [0.3, 0.4) is 0 Å². The van der Waals surface area contributed by atoms with E-state index >= 15 is 0 Å². The molecule has 4 atom stereocenters. The molecule has 30 heavy (non-hydrogen) atoms.